The molecule has 1 heterocycles. The molecule has 1 rings (SSSR count). The molecule has 17 heavy (non-hydrogen) atoms. The lowest BCUT2D eigenvalue weighted by Crippen LogP contribution is -2.42. The van der Waals surface area contributed by atoms with E-state index in [0.717, 1.165) is 18.6 Å². The van der Waals surface area contributed by atoms with Gasteiger partial charge in [0.25, 0.3) is 0 Å². The minimum absolute atomic E-state index is 0.0423. The fourth-order valence-electron chi connectivity index (χ4n) is 1.52. The van der Waals surface area contributed by atoms with Crippen molar-refractivity contribution in [3.05, 3.63) is 22.4 Å². The van der Waals surface area contributed by atoms with Gasteiger partial charge in [-0.2, -0.15) is 11.8 Å². The van der Waals surface area contributed by atoms with Crippen molar-refractivity contribution in [3.63, 3.8) is 0 Å². The highest BCUT2D eigenvalue weighted by Gasteiger charge is 2.18. The molecule has 0 spiro atoms. The molecule has 96 valence electrons. The maximum atomic E-state index is 11.9. The molecular weight excluding hydrogens is 252 g/mol. The molecule has 0 aliphatic rings. The molecule has 0 aliphatic heterocycles. The van der Waals surface area contributed by atoms with E-state index in [0.29, 0.717) is 0 Å². The Kier molecular flexibility index (Phi) is 6.62. The molecule has 0 aliphatic carbocycles. The third-order valence-electron chi connectivity index (χ3n) is 2.58. The van der Waals surface area contributed by atoms with Crippen molar-refractivity contribution >= 4 is 29.0 Å². The van der Waals surface area contributed by atoms with Gasteiger partial charge in [-0.3, -0.25) is 4.79 Å². The average Bonchev–Trinajstić information content (AvgIpc) is 2.86. The fourth-order valence-corrected chi connectivity index (χ4v) is 2.87. The Morgan fingerprint density at radius 3 is 2.94 bits per heavy atom. The minimum Gasteiger partial charge on any atom is -0.347 e. The van der Waals surface area contributed by atoms with Crippen LogP contribution < -0.4 is 11.1 Å². The third-order valence-corrected chi connectivity index (χ3v) is 4.21. The zero-order chi connectivity index (χ0) is 12.7. The lowest BCUT2D eigenvalue weighted by Gasteiger charge is -2.18. The van der Waals surface area contributed by atoms with Crippen LogP contribution in [0.2, 0.25) is 0 Å². The van der Waals surface area contributed by atoms with Crippen LogP contribution in [-0.2, 0) is 4.79 Å². The molecule has 3 N–H and O–H groups in total. The van der Waals surface area contributed by atoms with Gasteiger partial charge in [0.2, 0.25) is 5.91 Å². The fraction of sp³-hybridized carbons (Fsp3) is 0.583. The van der Waals surface area contributed by atoms with Gasteiger partial charge in [-0.1, -0.05) is 13.0 Å². The van der Waals surface area contributed by atoms with Crippen LogP contribution in [-0.4, -0.2) is 24.0 Å². The number of thiophene rings is 1. The number of nitrogens with two attached hydrogens (primary N) is 1. The molecule has 1 unspecified atom stereocenters. The van der Waals surface area contributed by atoms with Crippen molar-refractivity contribution in [1.82, 2.24) is 5.32 Å². The van der Waals surface area contributed by atoms with Crippen LogP contribution in [0.25, 0.3) is 0 Å². The average molecular weight is 272 g/mol. The van der Waals surface area contributed by atoms with Crippen molar-refractivity contribution in [2.45, 2.75) is 31.8 Å². The molecule has 0 saturated carbocycles. The summed E-state index contributed by atoms with van der Waals surface area (Å²) in [4.78, 5) is 13.1. The number of nitrogens with one attached hydrogen (secondary N) is 1. The first-order chi connectivity index (χ1) is 8.19. The summed E-state index contributed by atoms with van der Waals surface area (Å²) >= 11 is 3.38. The Bertz CT molecular complexity index is 327. The maximum Gasteiger partial charge on any atom is 0.237 e. The topological polar surface area (TPSA) is 55.1 Å². The van der Waals surface area contributed by atoms with Gasteiger partial charge in [0.15, 0.2) is 0 Å². The summed E-state index contributed by atoms with van der Waals surface area (Å²) in [7, 11) is 0. The SMILES string of the molecule is CCC(NC(=O)[C@H](N)CCSC)c1cccs1. The number of hydrogen-bond donors (Lipinski definition) is 2. The highest BCUT2D eigenvalue weighted by molar-refractivity contribution is 7.98. The third kappa shape index (κ3) is 4.69. The largest absolute Gasteiger partial charge is 0.347 e. The molecule has 0 saturated heterocycles. The highest BCUT2D eigenvalue weighted by Crippen LogP contribution is 2.21. The van der Waals surface area contributed by atoms with E-state index in [1.807, 2.05) is 23.8 Å². The van der Waals surface area contributed by atoms with Gasteiger partial charge in [-0.15, -0.1) is 11.3 Å². The number of carbonyl (C=O) groups excluding carboxylic acids is 1. The molecule has 2 atom stereocenters. The van der Waals surface area contributed by atoms with Crippen molar-refractivity contribution < 1.29 is 4.79 Å². The van der Waals surface area contributed by atoms with Gasteiger partial charge in [0.1, 0.15) is 0 Å². The predicted octanol–water partition coefficient (Wildman–Crippen LogP) is 2.40. The van der Waals surface area contributed by atoms with Gasteiger partial charge < -0.3 is 11.1 Å². The number of hydrogen-bond acceptors (Lipinski definition) is 4. The molecule has 0 aromatic carbocycles. The highest BCUT2D eigenvalue weighted by atomic mass is 32.2. The molecular formula is C12H20N2OS2. The second kappa shape index (κ2) is 7.74. The van der Waals surface area contributed by atoms with E-state index < -0.39 is 6.04 Å². The van der Waals surface area contributed by atoms with Gasteiger partial charge in [0.05, 0.1) is 12.1 Å². The summed E-state index contributed by atoms with van der Waals surface area (Å²) < 4.78 is 0. The Hall–Kier alpha value is -0.520. The van der Waals surface area contributed by atoms with E-state index in [-0.39, 0.29) is 11.9 Å². The lowest BCUT2D eigenvalue weighted by atomic mass is 10.1. The smallest absolute Gasteiger partial charge is 0.237 e. The van der Waals surface area contributed by atoms with E-state index in [1.165, 1.54) is 4.88 Å². The number of carbonyl (C=O) groups is 1. The van der Waals surface area contributed by atoms with E-state index in [1.54, 1.807) is 23.1 Å². The minimum atomic E-state index is -0.392. The second-order valence-electron chi connectivity index (χ2n) is 3.87. The molecule has 3 nitrogen and oxygen atoms in total. The Labute approximate surface area is 111 Å². The molecule has 0 radical (unpaired) electrons. The first kappa shape index (κ1) is 14.5. The van der Waals surface area contributed by atoms with E-state index in [2.05, 4.69) is 12.2 Å². The summed E-state index contributed by atoms with van der Waals surface area (Å²) in [6, 6.07) is 3.76. The van der Waals surface area contributed by atoms with Crippen LogP contribution in [0.1, 0.15) is 30.7 Å². The molecule has 1 aromatic rings. The maximum absolute atomic E-state index is 11.9. The summed E-state index contributed by atoms with van der Waals surface area (Å²) in [5.74, 6) is 0.879. The number of rotatable bonds is 7. The van der Waals surface area contributed by atoms with E-state index in [9.17, 15) is 4.79 Å². The standard InChI is InChI=1S/C12H20N2OS2/c1-3-10(11-5-4-7-17-11)14-12(15)9(13)6-8-16-2/h4-5,7,9-10H,3,6,8,13H2,1-2H3,(H,14,15)/t9-,10?/m1/s1. The molecule has 1 aromatic heterocycles. The summed E-state index contributed by atoms with van der Waals surface area (Å²) in [5.41, 5.74) is 5.84. The van der Waals surface area contributed by atoms with Gasteiger partial charge >= 0.3 is 0 Å². The lowest BCUT2D eigenvalue weighted by molar-refractivity contribution is -0.123. The van der Waals surface area contributed by atoms with Crippen LogP contribution in [0.4, 0.5) is 0 Å². The summed E-state index contributed by atoms with van der Waals surface area (Å²) in [6.07, 6.45) is 3.64. The van der Waals surface area contributed by atoms with Gasteiger partial charge in [0, 0.05) is 4.88 Å². The van der Waals surface area contributed by atoms with E-state index in [4.69, 9.17) is 5.73 Å². The molecule has 5 heteroatoms. The van der Waals surface area contributed by atoms with Crippen molar-refractivity contribution in [2.75, 3.05) is 12.0 Å². The van der Waals surface area contributed by atoms with E-state index >= 15 is 0 Å². The van der Waals surface area contributed by atoms with Crippen LogP contribution in [0, 0.1) is 0 Å². The normalized spacial score (nSPS) is 14.3. The molecule has 1 amide bonds. The number of thioether (sulfide) groups is 1. The summed E-state index contributed by atoms with van der Waals surface area (Å²) in [6.45, 7) is 2.07. The number of amides is 1. The first-order valence-electron chi connectivity index (χ1n) is 5.77. The predicted molar refractivity (Wildman–Crippen MR) is 76.5 cm³/mol. The quantitative estimate of drug-likeness (QED) is 0.801. The van der Waals surface area contributed by atoms with Crippen molar-refractivity contribution in [3.8, 4) is 0 Å². The molecule has 0 bridgehead atoms. The zero-order valence-electron chi connectivity index (χ0n) is 10.3. The second-order valence-corrected chi connectivity index (χ2v) is 5.84. The Morgan fingerprint density at radius 2 is 2.41 bits per heavy atom. The van der Waals surface area contributed by atoms with Crippen LogP contribution in [0.5, 0.6) is 0 Å². The Morgan fingerprint density at radius 1 is 1.65 bits per heavy atom. The van der Waals surface area contributed by atoms with Crippen LogP contribution in [0.15, 0.2) is 17.5 Å². The first-order valence-corrected chi connectivity index (χ1v) is 8.04. The monoisotopic (exact) mass is 272 g/mol. The molecule has 0 fully saturated rings. The van der Waals surface area contributed by atoms with Crippen molar-refractivity contribution in [1.29, 1.82) is 0 Å². The Balaban J connectivity index is 2.48. The van der Waals surface area contributed by atoms with Crippen LogP contribution in [0.3, 0.4) is 0 Å². The van der Waals surface area contributed by atoms with Gasteiger partial charge in [-0.05, 0) is 36.3 Å². The zero-order valence-corrected chi connectivity index (χ0v) is 11.9. The van der Waals surface area contributed by atoms with Crippen molar-refractivity contribution in [2.24, 2.45) is 5.73 Å². The van der Waals surface area contributed by atoms with Crippen LogP contribution >= 0.6 is 23.1 Å². The van der Waals surface area contributed by atoms with Gasteiger partial charge in [-0.25, -0.2) is 0 Å². The summed E-state index contributed by atoms with van der Waals surface area (Å²) in [5, 5.41) is 5.04.